The van der Waals surface area contributed by atoms with Crippen molar-refractivity contribution in [3.63, 3.8) is 0 Å². The molecule has 0 aromatic heterocycles. The van der Waals surface area contributed by atoms with Crippen molar-refractivity contribution in [3.8, 4) is 0 Å². The molecule has 1 aromatic rings. The van der Waals surface area contributed by atoms with E-state index in [-0.39, 0.29) is 18.1 Å². The van der Waals surface area contributed by atoms with E-state index < -0.39 is 0 Å². The highest BCUT2D eigenvalue weighted by atomic mass is 16.5. The van der Waals surface area contributed by atoms with Gasteiger partial charge in [0.1, 0.15) is 0 Å². The molecule has 1 aliphatic heterocycles. The first-order chi connectivity index (χ1) is 9.61. The van der Waals surface area contributed by atoms with Crippen LogP contribution in [-0.4, -0.2) is 36.7 Å². The fourth-order valence-corrected chi connectivity index (χ4v) is 2.33. The van der Waals surface area contributed by atoms with Crippen molar-refractivity contribution in [2.45, 2.75) is 32.4 Å². The van der Waals surface area contributed by atoms with Gasteiger partial charge < -0.3 is 20.7 Å². The molecule has 110 valence electrons. The number of morpholine rings is 1. The number of carbonyl (C=O) groups is 1. The fraction of sp³-hybridized carbons (Fsp3) is 0.533. The summed E-state index contributed by atoms with van der Waals surface area (Å²) in [5.74, 6) is 0. The molecule has 0 spiro atoms. The van der Waals surface area contributed by atoms with Crippen molar-refractivity contribution < 1.29 is 9.53 Å². The first-order valence-electron chi connectivity index (χ1n) is 7.12. The summed E-state index contributed by atoms with van der Waals surface area (Å²) in [6, 6.07) is 7.76. The predicted molar refractivity (Wildman–Crippen MR) is 79.7 cm³/mol. The van der Waals surface area contributed by atoms with E-state index in [1.165, 1.54) is 0 Å². The molecule has 0 radical (unpaired) electrons. The second-order valence-electron chi connectivity index (χ2n) is 5.17. The Morgan fingerprint density at radius 1 is 1.50 bits per heavy atom. The Morgan fingerprint density at radius 2 is 2.20 bits per heavy atom. The van der Waals surface area contributed by atoms with E-state index in [4.69, 9.17) is 10.5 Å². The number of ether oxygens (including phenoxy) is 1. The quantitative estimate of drug-likeness (QED) is 0.891. The molecule has 0 saturated carbocycles. The fourth-order valence-electron chi connectivity index (χ4n) is 2.33. The highest BCUT2D eigenvalue weighted by Gasteiger charge is 2.25. The van der Waals surface area contributed by atoms with Gasteiger partial charge in [0, 0.05) is 18.3 Å². The normalized spacial score (nSPS) is 20.6. The summed E-state index contributed by atoms with van der Waals surface area (Å²) < 4.78 is 5.41. The van der Waals surface area contributed by atoms with Crippen molar-refractivity contribution >= 4 is 11.7 Å². The molecule has 2 rings (SSSR count). The Bertz CT molecular complexity index is 445. The third-order valence-corrected chi connectivity index (χ3v) is 3.65. The van der Waals surface area contributed by atoms with Gasteiger partial charge in [-0.05, 0) is 31.0 Å². The van der Waals surface area contributed by atoms with E-state index in [1.54, 1.807) is 0 Å². The molecule has 5 nitrogen and oxygen atoms in total. The van der Waals surface area contributed by atoms with Gasteiger partial charge in [-0.2, -0.15) is 0 Å². The summed E-state index contributed by atoms with van der Waals surface area (Å²) in [6.45, 7) is 5.87. The molecular formula is C15H23N3O2. The molecule has 0 aliphatic carbocycles. The molecule has 1 aliphatic rings. The second kappa shape index (κ2) is 6.72. The van der Waals surface area contributed by atoms with Gasteiger partial charge in [-0.25, -0.2) is 4.79 Å². The van der Waals surface area contributed by atoms with Crippen LogP contribution in [0.4, 0.5) is 10.5 Å². The van der Waals surface area contributed by atoms with Gasteiger partial charge in [-0.3, -0.25) is 0 Å². The zero-order valence-electron chi connectivity index (χ0n) is 12.1. The molecule has 1 aromatic carbocycles. The number of hydrogen-bond donors (Lipinski definition) is 2. The number of rotatable bonds is 3. The molecule has 2 amide bonds. The van der Waals surface area contributed by atoms with Crippen LogP contribution in [-0.2, 0) is 4.74 Å². The van der Waals surface area contributed by atoms with E-state index in [9.17, 15) is 4.79 Å². The van der Waals surface area contributed by atoms with Gasteiger partial charge in [0.05, 0.1) is 19.3 Å². The summed E-state index contributed by atoms with van der Waals surface area (Å²) in [5.41, 5.74) is 7.66. The van der Waals surface area contributed by atoms with E-state index in [0.717, 1.165) is 17.7 Å². The Morgan fingerprint density at radius 3 is 2.80 bits per heavy atom. The lowest BCUT2D eigenvalue weighted by molar-refractivity contribution is 0.0144. The van der Waals surface area contributed by atoms with Gasteiger partial charge in [0.25, 0.3) is 0 Å². The zero-order valence-corrected chi connectivity index (χ0v) is 12.1. The number of amides is 2. The first-order valence-corrected chi connectivity index (χ1v) is 7.12. The third kappa shape index (κ3) is 3.49. The number of nitrogens with one attached hydrogen (secondary N) is 1. The number of nitrogens with zero attached hydrogens (tertiary/aromatic N) is 1. The smallest absolute Gasteiger partial charge is 0.322 e. The molecular weight excluding hydrogens is 254 g/mol. The number of anilines is 1. The summed E-state index contributed by atoms with van der Waals surface area (Å²) in [6.07, 6.45) is 0.900. The maximum atomic E-state index is 12.3. The van der Waals surface area contributed by atoms with Crippen LogP contribution in [0.3, 0.4) is 0 Å². The molecule has 1 saturated heterocycles. The number of hydrogen-bond acceptors (Lipinski definition) is 3. The highest BCUT2D eigenvalue weighted by Crippen LogP contribution is 2.16. The van der Waals surface area contributed by atoms with Crippen LogP contribution in [0.25, 0.3) is 0 Å². The Balaban J connectivity index is 1.99. The Kier molecular flexibility index (Phi) is 4.98. The summed E-state index contributed by atoms with van der Waals surface area (Å²) in [5, 5.41) is 2.93. The lowest BCUT2D eigenvalue weighted by Gasteiger charge is -2.35. The molecule has 0 bridgehead atoms. The van der Waals surface area contributed by atoms with Gasteiger partial charge in [-0.1, -0.05) is 19.1 Å². The van der Waals surface area contributed by atoms with E-state index in [1.807, 2.05) is 36.1 Å². The van der Waals surface area contributed by atoms with Gasteiger partial charge in [-0.15, -0.1) is 0 Å². The number of benzene rings is 1. The van der Waals surface area contributed by atoms with Gasteiger partial charge in [0.2, 0.25) is 0 Å². The van der Waals surface area contributed by atoms with Crippen molar-refractivity contribution in [1.29, 1.82) is 0 Å². The van der Waals surface area contributed by atoms with E-state index >= 15 is 0 Å². The van der Waals surface area contributed by atoms with Crippen LogP contribution in [0, 0.1) is 0 Å². The summed E-state index contributed by atoms with van der Waals surface area (Å²) in [4.78, 5) is 14.1. The molecule has 3 N–H and O–H groups in total. The average molecular weight is 277 g/mol. The molecule has 5 heteroatoms. The van der Waals surface area contributed by atoms with Crippen LogP contribution >= 0.6 is 0 Å². The van der Waals surface area contributed by atoms with Gasteiger partial charge >= 0.3 is 6.03 Å². The second-order valence-corrected chi connectivity index (χ2v) is 5.17. The standard InChI is InChI=1S/C15H23N3O2/c1-3-14-10-20-9-8-18(14)15(19)17-13-6-4-12(5-7-13)11(2)16/h4-7,11,14H,3,8-10,16H2,1-2H3,(H,17,19). The molecule has 20 heavy (non-hydrogen) atoms. The van der Waals surface area contributed by atoms with Crippen LogP contribution < -0.4 is 11.1 Å². The largest absolute Gasteiger partial charge is 0.377 e. The van der Waals surface area contributed by atoms with Crippen molar-refractivity contribution in [2.24, 2.45) is 5.73 Å². The van der Waals surface area contributed by atoms with E-state index in [2.05, 4.69) is 12.2 Å². The number of nitrogens with two attached hydrogens (primary N) is 1. The third-order valence-electron chi connectivity index (χ3n) is 3.65. The number of urea groups is 1. The SMILES string of the molecule is CCC1COCCN1C(=O)Nc1ccc(C(C)N)cc1. The number of carbonyl (C=O) groups excluding carboxylic acids is 1. The lowest BCUT2D eigenvalue weighted by atomic mass is 10.1. The zero-order chi connectivity index (χ0) is 14.5. The monoisotopic (exact) mass is 277 g/mol. The first kappa shape index (κ1) is 14.8. The minimum atomic E-state index is -0.0614. The molecule has 1 fully saturated rings. The van der Waals surface area contributed by atoms with Crippen molar-refractivity contribution in [1.82, 2.24) is 4.90 Å². The van der Waals surface area contributed by atoms with Crippen LogP contribution in [0.5, 0.6) is 0 Å². The molecule has 2 atom stereocenters. The maximum absolute atomic E-state index is 12.3. The average Bonchev–Trinajstić information content (AvgIpc) is 2.47. The van der Waals surface area contributed by atoms with E-state index in [0.29, 0.717) is 19.8 Å². The predicted octanol–water partition coefficient (Wildman–Crippen LogP) is 2.35. The highest BCUT2D eigenvalue weighted by molar-refractivity contribution is 5.89. The van der Waals surface area contributed by atoms with Crippen molar-refractivity contribution in [3.05, 3.63) is 29.8 Å². The van der Waals surface area contributed by atoms with Crippen LogP contribution in [0.2, 0.25) is 0 Å². The van der Waals surface area contributed by atoms with Crippen molar-refractivity contribution in [2.75, 3.05) is 25.1 Å². The minimum Gasteiger partial charge on any atom is -0.377 e. The lowest BCUT2D eigenvalue weighted by Crippen LogP contribution is -2.50. The topological polar surface area (TPSA) is 67.6 Å². The maximum Gasteiger partial charge on any atom is 0.322 e. The van der Waals surface area contributed by atoms with Crippen LogP contribution in [0.1, 0.15) is 31.9 Å². The van der Waals surface area contributed by atoms with Gasteiger partial charge in [0.15, 0.2) is 0 Å². The minimum absolute atomic E-state index is 0.00321. The molecule has 2 unspecified atom stereocenters. The Hall–Kier alpha value is -1.59. The summed E-state index contributed by atoms with van der Waals surface area (Å²) >= 11 is 0. The molecule has 1 heterocycles. The van der Waals surface area contributed by atoms with Crippen LogP contribution in [0.15, 0.2) is 24.3 Å². The Labute approximate surface area is 120 Å². The summed E-state index contributed by atoms with van der Waals surface area (Å²) in [7, 11) is 0.